The number of aromatic nitrogens is 1. The molecule has 0 unspecified atom stereocenters. The molecule has 1 aromatic heterocycles. The summed E-state index contributed by atoms with van der Waals surface area (Å²) in [6.45, 7) is 1.74. The van der Waals surface area contributed by atoms with Crippen LogP contribution >= 0.6 is 15.9 Å². The molecule has 110 valence electrons. The number of fused-ring (bicyclic) bond motifs is 1. The van der Waals surface area contributed by atoms with E-state index in [1.165, 1.54) is 0 Å². The van der Waals surface area contributed by atoms with E-state index in [2.05, 4.69) is 26.0 Å². The molecule has 0 aliphatic carbocycles. The van der Waals surface area contributed by atoms with E-state index >= 15 is 0 Å². The van der Waals surface area contributed by atoms with Crippen molar-refractivity contribution in [3.63, 3.8) is 0 Å². The summed E-state index contributed by atoms with van der Waals surface area (Å²) >= 11 is 3.49. The Bertz CT molecular complexity index is 930. The van der Waals surface area contributed by atoms with Crippen LogP contribution in [0.3, 0.4) is 0 Å². The minimum absolute atomic E-state index is 0.194. The summed E-state index contributed by atoms with van der Waals surface area (Å²) in [5, 5.41) is 4.66. The lowest BCUT2D eigenvalue weighted by Crippen LogP contribution is -2.19. The maximum atomic E-state index is 12.5. The SMILES string of the molecule is C/C(=N\N)c1c(-c2ccccc2)c2cc(Br)ccc2[nH]c1=O. The number of nitrogens with two attached hydrogens (primary N) is 1. The highest BCUT2D eigenvalue weighted by Gasteiger charge is 2.16. The molecular weight excluding hydrogens is 342 g/mol. The smallest absolute Gasteiger partial charge is 0.258 e. The van der Waals surface area contributed by atoms with Crippen LogP contribution in [0.4, 0.5) is 0 Å². The van der Waals surface area contributed by atoms with Crippen molar-refractivity contribution < 1.29 is 0 Å². The van der Waals surface area contributed by atoms with Crippen molar-refractivity contribution in [1.29, 1.82) is 0 Å². The Hall–Kier alpha value is -2.40. The van der Waals surface area contributed by atoms with Gasteiger partial charge in [-0.1, -0.05) is 46.3 Å². The Morgan fingerprint density at radius 1 is 1.18 bits per heavy atom. The van der Waals surface area contributed by atoms with Gasteiger partial charge in [0.1, 0.15) is 0 Å². The fraction of sp³-hybridized carbons (Fsp3) is 0.0588. The molecule has 22 heavy (non-hydrogen) atoms. The van der Waals surface area contributed by atoms with Gasteiger partial charge >= 0.3 is 0 Å². The number of hydrogen-bond donors (Lipinski definition) is 2. The molecule has 0 aliphatic rings. The standard InChI is InChI=1S/C17H14BrN3O/c1-10(21-19)15-16(11-5-3-2-4-6-11)13-9-12(18)7-8-14(13)20-17(15)22/h2-9H,19H2,1H3,(H,20,22)/b21-10+. The zero-order valence-corrected chi connectivity index (χ0v) is 13.5. The Balaban J connectivity index is 2.53. The van der Waals surface area contributed by atoms with Crippen LogP contribution < -0.4 is 11.4 Å². The predicted octanol–water partition coefficient (Wildman–Crippen LogP) is 3.64. The van der Waals surface area contributed by atoms with E-state index in [0.29, 0.717) is 11.3 Å². The molecule has 3 aromatic rings. The number of benzene rings is 2. The fourth-order valence-corrected chi connectivity index (χ4v) is 2.94. The minimum Gasteiger partial charge on any atom is -0.323 e. The number of aromatic amines is 1. The maximum absolute atomic E-state index is 12.5. The zero-order chi connectivity index (χ0) is 15.7. The second-order valence-electron chi connectivity index (χ2n) is 4.97. The van der Waals surface area contributed by atoms with Gasteiger partial charge in [0.25, 0.3) is 5.56 Å². The van der Waals surface area contributed by atoms with Crippen molar-refractivity contribution in [3.8, 4) is 11.1 Å². The average Bonchev–Trinajstić information content (AvgIpc) is 2.54. The topological polar surface area (TPSA) is 71.2 Å². The van der Waals surface area contributed by atoms with Crippen molar-refractivity contribution in [2.45, 2.75) is 6.92 Å². The summed E-state index contributed by atoms with van der Waals surface area (Å²) in [5.74, 6) is 5.42. The molecule has 0 fully saturated rings. The molecule has 2 aromatic carbocycles. The molecule has 0 saturated heterocycles. The molecule has 0 amide bonds. The molecular formula is C17H14BrN3O. The Morgan fingerprint density at radius 3 is 2.59 bits per heavy atom. The summed E-state index contributed by atoms with van der Waals surface area (Å²) < 4.78 is 0.942. The summed E-state index contributed by atoms with van der Waals surface area (Å²) in [6.07, 6.45) is 0. The molecule has 5 heteroatoms. The van der Waals surface area contributed by atoms with Gasteiger partial charge in [0.2, 0.25) is 0 Å². The third kappa shape index (κ3) is 2.44. The first-order chi connectivity index (χ1) is 10.6. The number of nitrogens with zero attached hydrogens (tertiary/aromatic N) is 1. The van der Waals surface area contributed by atoms with E-state index in [0.717, 1.165) is 26.5 Å². The lowest BCUT2D eigenvalue weighted by Gasteiger charge is -2.12. The van der Waals surface area contributed by atoms with Gasteiger partial charge in [-0.05, 0) is 30.7 Å². The number of pyridine rings is 1. The van der Waals surface area contributed by atoms with Gasteiger partial charge in [-0.3, -0.25) is 4.79 Å². The highest BCUT2D eigenvalue weighted by Crippen LogP contribution is 2.31. The van der Waals surface area contributed by atoms with Crippen molar-refractivity contribution >= 4 is 32.5 Å². The Morgan fingerprint density at radius 2 is 1.91 bits per heavy atom. The van der Waals surface area contributed by atoms with E-state index in [-0.39, 0.29) is 5.56 Å². The summed E-state index contributed by atoms with van der Waals surface area (Å²) in [4.78, 5) is 15.4. The molecule has 0 atom stereocenters. The number of rotatable bonds is 2. The number of hydrazone groups is 1. The van der Waals surface area contributed by atoms with Crippen molar-refractivity contribution in [2.24, 2.45) is 10.9 Å². The van der Waals surface area contributed by atoms with Gasteiger partial charge in [-0.25, -0.2) is 0 Å². The lowest BCUT2D eigenvalue weighted by atomic mass is 9.94. The van der Waals surface area contributed by atoms with Crippen LogP contribution in [0.5, 0.6) is 0 Å². The highest BCUT2D eigenvalue weighted by molar-refractivity contribution is 9.10. The van der Waals surface area contributed by atoms with Crippen LogP contribution in [-0.4, -0.2) is 10.7 Å². The monoisotopic (exact) mass is 355 g/mol. The second-order valence-corrected chi connectivity index (χ2v) is 5.89. The van der Waals surface area contributed by atoms with Crippen LogP contribution in [0.25, 0.3) is 22.0 Å². The molecule has 3 rings (SSSR count). The van der Waals surface area contributed by atoms with Gasteiger partial charge < -0.3 is 10.8 Å². The number of nitrogens with one attached hydrogen (secondary N) is 1. The third-order valence-electron chi connectivity index (χ3n) is 3.59. The Kier molecular flexibility index (Phi) is 3.81. The molecule has 0 aliphatic heterocycles. The first-order valence-corrected chi connectivity index (χ1v) is 7.57. The van der Waals surface area contributed by atoms with E-state index in [9.17, 15) is 4.79 Å². The molecule has 4 nitrogen and oxygen atoms in total. The normalized spacial score (nSPS) is 11.8. The van der Waals surface area contributed by atoms with E-state index < -0.39 is 0 Å². The molecule has 1 heterocycles. The highest BCUT2D eigenvalue weighted by atomic mass is 79.9. The fourth-order valence-electron chi connectivity index (χ4n) is 2.58. The average molecular weight is 356 g/mol. The van der Waals surface area contributed by atoms with Crippen LogP contribution in [0, 0.1) is 0 Å². The van der Waals surface area contributed by atoms with E-state index in [1.54, 1.807) is 6.92 Å². The first kappa shape index (κ1) is 14.5. The second kappa shape index (κ2) is 5.77. The van der Waals surface area contributed by atoms with E-state index in [1.807, 2.05) is 48.5 Å². The zero-order valence-electron chi connectivity index (χ0n) is 11.9. The van der Waals surface area contributed by atoms with Crippen molar-refractivity contribution in [1.82, 2.24) is 4.98 Å². The van der Waals surface area contributed by atoms with Gasteiger partial charge in [-0.15, -0.1) is 0 Å². The summed E-state index contributed by atoms with van der Waals surface area (Å²) in [7, 11) is 0. The van der Waals surface area contributed by atoms with Crippen molar-refractivity contribution in [2.75, 3.05) is 0 Å². The molecule has 0 radical (unpaired) electrons. The van der Waals surface area contributed by atoms with Gasteiger partial charge in [-0.2, -0.15) is 5.10 Å². The first-order valence-electron chi connectivity index (χ1n) is 6.77. The van der Waals surface area contributed by atoms with Crippen LogP contribution in [-0.2, 0) is 0 Å². The number of halogens is 1. The van der Waals surface area contributed by atoms with Crippen LogP contribution in [0.15, 0.2) is 62.9 Å². The van der Waals surface area contributed by atoms with Crippen LogP contribution in [0.2, 0.25) is 0 Å². The predicted molar refractivity (Wildman–Crippen MR) is 94.1 cm³/mol. The molecule has 3 N–H and O–H groups in total. The number of H-pyrrole nitrogens is 1. The quantitative estimate of drug-likeness (QED) is 0.418. The van der Waals surface area contributed by atoms with Gasteiger partial charge in [0.05, 0.1) is 11.3 Å². The minimum atomic E-state index is -0.194. The summed E-state index contributed by atoms with van der Waals surface area (Å²) in [6, 6.07) is 15.5. The molecule has 0 spiro atoms. The largest absolute Gasteiger partial charge is 0.323 e. The van der Waals surface area contributed by atoms with E-state index in [4.69, 9.17) is 5.84 Å². The summed E-state index contributed by atoms with van der Waals surface area (Å²) in [5.41, 5.74) is 3.38. The molecule has 0 bridgehead atoms. The number of hydrogen-bond acceptors (Lipinski definition) is 3. The third-order valence-corrected chi connectivity index (χ3v) is 4.09. The Labute approximate surface area is 135 Å². The lowest BCUT2D eigenvalue weighted by molar-refractivity contribution is 1.22. The van der Waals surface area contributed by atoms with Crippen molar-refractivity contribution in [3.05, 3.63) is 68.9 Å². The molecule has 0 saturated carbocycles. The van der Waals surface area contributed by atoms with Gasteiger partial charge in [0.15, 0.2) is 0 Å². The van der Waals surface area contributed by atoms with Crippen LogP contribution in [0.1, 0.15) is 12.5 Å². The maximum Gasteiger partial charge on any atom is 0.258 e. The van der Waals surface area contributed by atoms with Gasteiger partial charge in [0, 0.05) is 20.9 Å².